The van der Waals surface area contributed by atoms with E-state index in [-0.39, 0.29) is 0 Å². The van der Waals surface area contributed by atoms with Crippen molar-refractivity contribution in [2.45, 2.75) is 19.1 Å². The highest BCUT2D eigenvalue weighted by Crippen LogP contribution is 2.17. The molecule has 0 aliphatic carbocycles. The summed E-state index contributed by atoms with van der Waals surface area (Å²) in [6.45, 7) is 2.74. The number of methoxy groups -OCH3 is 1. The molecule has 0 aliphatic rings. The van der Waals surface area contributed by atoms with Crippen LogP contribution in [0.4, 0.5) is 0 Å². The molecular weight excluding hydrogens is 208 g/mol. The smallest absolute Gasteiger partial charge is 0.122 e. The zero-order valence-corrected chi connectivity index (χ0v) is 10.1. The maximum atomic E-state index is 5.43. The number of nitrogens with two attached hydrogens (primary N) is 1. The Kier molecular flexibility index (Phi) is 5.50. The van der Waals surface area contributed by atoms with Crippen LogP contribution in [0.1, 0.15) is 17.8 Å². The molecule has 1 aromatic rings. The predicted octanol–water partition coefficient (Wildman–Crippen LogP) is 1.98. The molecule has 1 heterocycles. The first-order valence-electron chi connectivity index (χ1n) is 5.05. The van der Waals surface area contributed by atoms with Crippen LogP contribution in [-0.4, -0.2) is 24.4 Å². The molecule has 0 saturated heterocycles. The van der Waals surface area contributed by atoms with Crippen LogP contribution in [0.3, 0.4) is 0 Å². The lowest BCUT2D eigenvalue weighted by molar-refractivity contribution is 0.413. The van der Waals surface area contributed by atoms with Crippen molar-refractivity contribution >= 4 is 11.8 Å². The van der Waals surface area contributed by atoms with Gasteiger partial charge < -0.3 is 10.5 Å². The minimum Gasteiger partial charge on any atom is -0.497 e. The van der Waals surface area contributed by atoms with E-state index in [9.17, 15) is 0 Å². The number of thioether (sulfide) groups is 1. The molecule has 0 aromatic carbocycles. The maximum Gasteiger partial charge on any atom is 0.122 e. The van der Waals surface area contributed by atoms with Crippen molar-refractivity contribution in [2.24, 2.45) is 5.73 Å². The molecule has 0 atom stereocenters. The first-order chi connectivity index (χ1) is 7.26. The van der Waals surface area contributed by atoms with Crippen molar-refractivity contribution in [3.05, 3.63) is 23.5 Å². The summed E-state index contributed by atoms with van der Waals surface area (Å²) < 4.78 is 5.19. The molecule has 0 unspecified atom stereocenters. The second kappa shape index (κ2) is 6.69. The lowest BCUT2D eigenvalue weighted by Gasteiger charge is -2.05. The summed E-state index contributed by atoms with van der Waals surface area (Å²) in [5.41, 5.74) is 7.51. The maximum absolute atomic E-state index is 5.43. The van der Waals surface area contributed by atoms with Crippen LogP contribution in [0.25, 0.3) is 0 Å². The minimum atomic E-state index is 0.761. The number of pyridine rings is 1. The third-order valence-corrected chi connectivity index (χ3v) is 3.04. The number of rotatable bonds is 6. The summed E-state index contributed by atoms with van der Waals surface area (Å²) in [4.78, 5) is 4.45. The highest BCUT2D eigenvalue weighted by atomic mass is 32.2. The molecular formula is C11H18N2OS. The molecule has 0 aliphatic heterocycles. The van der Waals surface area contributed by atoms with E-state index in [0.717, 1.165) is 41.6 Å². The summed E-state index contributed by atoms with van der Waals surface area (Å²) in [5.74, 6) is 2.91. The Bertz CT molecular complexity index is 305. The summed E-state index contributed by atoms with van der Waals surface area (Å²) in [6, 6.07) is 3.93. The van der Waals surface area contributed by atoms with Crippen LogP contribution in [0, 0.1) is 6.92 Å². The lowest BCUT2D eigenvalue weighted by Crippen LogP contribution is -2.00. The SMILES string of the molecule is COc1cc(C)nc(CSCCCN)c1. The fourth-order valence-electron chi connectivity index (χ4n) is 1.26. The average Bonchev–Trinajstić information content (AvgIpc) is 2.23. The quantitative estimate of drug-likeness (QED) is 0.754. The molecule has 0 bridgehead atoms. The molecule has 15 heavy (non-hydrogen) atoms. The molecule has 2 N–H and O–H groups in total. The van der Waals surface area contributed by atoms with Gasteiger partial charge >= 0.3 is 0 Å². The van der Waals surface area contributed by atoms with Gasteiger partial charge in [0, 0.05) is 23.6 Å². The molecule has 0 fully saturated rings. The lowest BCUT2D eigenvalue weighted by atomic mass is 10.3. The van der Waals surface area contributed by atoms with Crippen LogP contribution >= 0.6 is 11.8 Å². The summed E-state index contributed by atoms with van der Waals surface area (Å²) in [5, 5.41) is 0. The molecule has 0 amide bonds. The standard InChI is InChI=1S/C11H18N2OS/c1-9-6-11(14-2)7-10(13-9)8-15-5-3-4-12/h6-7H,3-5,8,12H2,1-2H3. The molecule has 1 rings (SSSR count). The van der Waals surface area contributed by atoms with Gasteiger partial charge in [-0.15, -0.1) is 0 Å². The van der Waals surface area contributed by atoms with Crippen molar-refractivity contribution in [3.63, 3.8) is 0 Å². The largest absolute Gasteiger partial charge is 0.497 e. The van der Waals surface area contributed by atoms with E-state index >= 15 is 0 Å². The highest BCUT2D eigenvalue weighted by molar-refractivity contribution is 7.98. The topological polar surface area (TPSA) is 48.1 Å². The summed E-state index contributed by atoms with van der Waals surface area (Å²) >= 11 is 1.86. The molecule has 84 valence electrons. The Morgan fingerprint density at radius 3 is 2.93 bits per heavy atom. The van der Waals surface area contributed by atoms with Gasteiger partial charge in [0.1, 0.15) is 5.75 Å². The van der Waals surface area contributed by atoms with Crippen LogP contribution in [-0.2, 0) is 5.75 Å². The van der Waals surface area contributed by atoms with Crippen molar-refractivity contribution in [1.29, 1.82) is 0 Å². The normalized spacial score (nSPS) is 10.3. The number of nitrogens with zero attached hydrogens (tertiary/aromatic N) is 1. The van der Waals surface area contributed by atoms with E-state index in [1.54, 1.807) is 7.11 Å². The number of aromatic nitrogens is 1. The molecule has 0 radical (unpaired) electrons. The number of ether oxygens (including phenoxy) is 1. The first-order valence-corrected chi connectivity index (χ1v) is 6.21. The second-order valence-electron chi connectivity index (χ2n) is 3.33. The fourth-order valence-corrected chi connectivity index (χ4v) is 2.13. The van der Waals surface area contributed by atoms with Gasteiger partial charge in [0.15, 0.2) is 0 Å². The Morgan fingerprint density at radius 1 is 1.47 bits per heavy atom. The fraction of sp³-hybridized carbons (Fsp3) is 0.545. The number of hydrogen-bond acceptors (Lipinski definition) is 4. The van der Waals surface area contributed by atoms with E-state index in [2.05, 4.69) is 4.98 Å². The molecule has 0 spiro atoms. The molecule has 1 aromatic heterocycles. The van der Waals surface area contributed by atoms with Gasteiger partial charge in [-0.05, 0) is 25.6 Å². The number of hydrogen-bond donors (Lipinski definition) is 1. The zero-order chi connectivity index (χ0) is 11.1. The Morgan fingerprint density at radius 2 is 2.27 bits per heavy atom. The predicted molar refractivity (Wildman–Crippen MR) is 65.4 cm³/mol. The first kappa shape index (κ1) is 12.3. The van der Waals surface area contributed by atoms with Crippen LogP contribution in [0.2, 0.25) is 0 Å². The van der Waals surface area contributed by atoms with E-state index in [4.69, 9.17) is 10.5 Å². The summed E-state index contributed by atoms with van der Waals surface area (Å²) in [7, 11) is 1.68. The summed E-state index contributed by atoms with van der Waals surface area (Å²) in [6.07, 6.45) is 1.06. The Labute approximate surface area is 95.4 Å². The van der Waals surface area contributed by atoms with Gasteiger partial charge in [-0.3, -0.25) is 4.98 Å². The van der Waals surface area contributed by atoms with E-state index in [1.807, 2.05) is 30.8 Å². The second-order valence-corrected chi connectivity index (χ2v) is 4.44. The molecule has 4 heteroatoms. The third-order valence-electron chi connectivity index (χ3n) is 1.96. The van der Waals surface area contributed by atoms with Gasteiger partial charge in [-0.25, -0.2) is 0 Å². The van der Waals surface area contributed by atoms with Gasteiger partial charge in [0.05, 0.1) is 12.8 Å². The van der Waals surface area contributed by atoms with Crippen molar-refractivity contribution in [3.8, 4) is 5.75 Å². The molecule has 3 nitrogen and oxygen atoms in total. The van der Waals surface area contributed by atoms with Crippen LogP contribution in [0.15, 0.2) is 12.1 Å². The Balaban J connectivity index is 2.49. The van der Waals surface area contributed by atoms with E-state index in [0.29, 0.717) is 0 Å². The average molecular weight is 226 g/mol. The van der Waals surface area contributed by atoms with Crippen molar-refractivity contribution < 1.29 is 4.74 Å². The number of aryl methyl sites for hydroxylation is 1. The van der Waals surface area contributed by atoms with Gasteiger partial charge in [-0.2, -0.15) is 11.8 Å². The third kappa shape index (κ3) is 4.53. The highest BCUT2D eigenvalue weighted by Gasteiger charge is 2.00. The van der Waals surface area contributed by atoms with Gasteiger partial charge in [0.2, 0.25) is 0 Å². The van der Waals surface area contributed by atoms with Gasteiger partial charge in [-0.1, -0.05) is 0 Å². The van der Waals surface area contributed by atoms with Crippen molar-refractivity contribution in [2.75, 3.05) is 19.4 Å². The Hall–Kier alpha value is -0.740. The van der Waals surface area contributed by atoms with Crippen molar-refractivity contribution in [1.82, 2.24) is 4.98 Å². The molecule has 0 saturated carbocycles. The zero-order valence-electron chi connectivity index (χ0n) is 9.32. The monoisotopic (exact) mass is 226 g/mol. The van der Waals surface area contributed by atoms with E-state index in [1.165, 1.54) is 0 Å². The van der Waals surface area contributed by atoms with E-state index < -0.39 is 0 Å². The minimum absolute atomic E-state index is 0.761. The van der Waals surface area contributed by atoms with Gasteiger partial charge in [0.25, 0.3) is 0 Å². The van der Waals surface area contributed by atoms with Crippen LogP contribution < -0.4 is 10.5 Å². The van der Waals surface area contributed by atoms with Crippen LogP contribution in [0.5, 0.6) is 5.75 Å².